The Bertz CT molecular complexity index is 832. The zero-order chi connectivity index (χ0) is 15.5. The first-order chi connectivity index (χ1) is 10.7. The molecule has 3 rings (SSSR count). The normalized spacial score (nSPS) is 12.0. The summed E-state index contributed by atoms with van der Waals surface area (Å²) < 4.78 is 0. The summed E-state index contributed by atoms with van der Waals surface area (Å²) in [6.45, 7) is 0. The molecule has 0 heterocycles. The molecule has 0 aliphatic heterocycles. The first kappa shape index (κ1) is 14.0. The molecule has 0 saturated heterocycles. The van der Waals surface area contributed by atoms with Crippen molar-refractivity contribution in [3.8, 4) is 0 Å². The van der Waals surface area contributed by atoms with Crippen molar-refractivity contribution < 1.29 is 14.7 Å². The Labute approximate surface area is 127 Å². The van der Waals surface area contributed by atoms with Crippen LogP contribution in [0.25, 0.3) is 10.8 Å². The lowest BCUT2D eigenvalue weighted by molar-refractivity contribution is -0.137. The van der Waals surface area contributed by atoms with Crippen LogP contribution in [-0.4, -0.2) is 16.9 Å². The zero-order valence-corrected chi connectivity index (χ0v) is 11.8. The van der Waals surface area contributed by atoms with Crippen molar-refractivity contribution in [1.29, 1.82) is 0 Å². The summed E-state index contributed by atoms with van der Waals surface area (Å²) in [7, 11) is 0. The largest absolute Gasteiger partial charge is 0.480 e. The third-order valence-electron chi connectivity index (χ3n) is 3.70. The number of aliphatic carboxylic acids is 1. The van der Waals surface area contributed by atoms with Crippen LogP contribution in [0, 0.1) is 0 Å². The number of carbonyl (C=O) groups excluding carboxylic acids is 1. The van der Waals surface area contributed by atoms with E-state index in [1.165, 1.54) is 0 Å². The van der Waals surface area contributed by atoms with E-state index in [0.717, 1.165) is 10.8 Å². The Morgan fingerprint density at radius 1 is 0.773 bits per heavy atom. The predicted molar refractivity (Wildman–Crippen MR) is 85.1 cm³/mol. The Kier molecular flexibility index (Phi) is 3.71. The second-order valence-corrected chi connectivity index (χ2v) is 5.07. The van der Waals surface area contributed by atoms with Crippen LogP contribution in [0.2, 0.25) is 0 Å². The lowest BCUT2D eigenvalue weighted by atomic mass is 9.87. The highest BCUT2D eigenvalue weighted by molar-refractivity contribution is 6.14. The van der Waals surface area contributed by atoms with E-state index in [4.69, 9.17) is 0 Å². The van der Waals surface area contributed by atoms with Gasteiger partial charge in [-0.3, -0.25) is 9.59 Å². The molecule has 3 heteroatoms. The van der Waals surface area contributed by atoms with Crippen LogP contribution in [0.15, 0.2) is 72.8 Å². The SMILES string of the molecule is O=C(O)C(C(=O)c1ccccc1)c1cccc2ccccc12. The van der Waals surface area contributed by atoms with Crippen molar-refractivity contribution in [2.24, 2.45) is 0 Å². The van der Waals surface area contributed by atoms with Gasteiger partial charge in [0.25, 0.3) is 0 Å². The molecule has 0 bridgehead atoms. The molecule has 22 heavy (non-hydrogen) atoms. The number of carboxylic acid groups (broad SMARTS) is 1. The quantitative estimate of drug-likeness (QED) is 0.586. The summed E-state index contributed by atoms with van der Waals surface area (Å²) in [5, 5.41) is 11.3. The van der Waals surface area contributed by atoms with Gasteiger partial charge in [0.15, 0.2) is 5.78 Å². The number of ketones is 1. The highest BCUT2D eigenvalue weighted by atomic mass is 16.4. The van der Waals surface area contributed by atoms with Crippen LogP contribution in [-0.2, 0) is 4.79 Å². The van der Waals surface area contributed by atoms with Gasteiger partial charge in [-0.1, -0.05) is 72.8 Å². The van der Waals surface area contributed by atoms with Crippen molar-refractivity contribution >= 4 is 22.5 Å². The molecule has 0 aromatic heterocycles. The van der Waals surface area contributed by atoms with Crippen LogP contribution < -0.4 is 0 Å². The average Bonchev–Trinajstić information content (AvgIpc) is 2.56. The summed E-state index contributed by atoms with van der Waals surface area (Å²) in [4.78, 5) is 24.4. The van der Waals surface area contributed by atoms with Gasteiger partial charge in [-0.2, -0.15) is 0 Å². The van der Waals surface area contributed by atoms with Gasteiger partial charge in [-0.25, -0.2) is 0 Å². The van der Waals surface area contributed by atoms with Crippen LogP contribution in [0.3, 0.4) is 0 Å². The second kappa shape index (κ2) is 5.82. The molecule has 3 aromatic rings. The van der Waals surface area contributed by atoms with E-state index in [1.54, 1.807) is 42.5 Å². The first-order valence-electron chi connectivity index (χ1n) is 6.98. The molecule has 3 aromatic carbocycles. The molecule has 0 aliphatic carbocycles. The Morgan fingerprint density at radius 3 is 2.14 bits per heavy atom. The maximum Gasteiger partial charge on any atom is 0.318 e. The van der Waals surface area contributed by atoms with Crippen LogP contribution >= 0.6 is 0 Å². The van der Waals surface area contributed by atoms with Gasteiger partial charge >= 0.3 is 5.97 Å². The summed E-state index contributed by atoms with van der Waals surface area (Å²) in [6, 6.07) is 21.4. The van der Waals surface area contributed by atoms with Crippen LogP contribution in [0.4, 0.5) is 0 Å². The number of rotatable bonds is 4. The lowest BCUT2D eigenvalue weighted by Gasteiger charge is -2.14. The number of carbonyl (C=O) groups is 2. The van der Waals surface area contributed by atoms with E-state index in [0.29, 0.717) is 11.1 Å². The highest BCUT2D eigenvalue weighted by Gasteiger charge is 2.30. The minimum atomic E-state index is -1.20. The van der Waals surface area contributed by atoms with Gasteiger partial charge in [-0.15, -0.1) is 0 Å². The summed E-state index contributed by atoms with van der Waals surface area (Å²) >= 11 is 0. The fraction of sp³-hybridized carbons (Fsp3) is 0.0526. The standard InChI is InChI=1S/C19H14O3/c20-18(14-8-2-1-3-9-14)17(19(21)22)16-12-6-10-13-7-4-5-11-15(13)16/h1-12,17H,(H,21,22). The molecule has 0 spiro atoms. The number of fused-ring (bicyclic) bond motifs is 1. The minimum absolute atomic E-state index is 0.399. The van der Waals surface area contributed by atoms with Crippen molar-refractivity contribution in [2.45, 2.75) is 5.92 Å². The van der Waals surface area contributed by atoms with Gasteiger partial charge in [0.1, 0.15) is 5.92 Å². The van der Waals surface area contributed by atoms with Gasteiger partial charge in [0, 0.05) is 5.56 Å². The summed E-state index contributed by atoms with van der Waals surface area (Å²) in [5.41, 5.74) is 0.933. The third kappa shape index (κ3) is 2.49. The van der Waals surface area contributed by atoms with Crippen molar-refractivity contribution in [3.05, 3.63) is 83.9 Å². The number of benzene rings is 3. The lowest BCUT2D eigenvalue weighted by Crippen LogP contribution is -2.22. The molecule has 3 nitrogen and oxygen atoms in total. The predicted octanol–water partition coefficient (Wildman–Crippen LogP) is 3.89. The molecule has 0 fully saturated rings. The monoisotopic (exact) mass is 290 g/mol. The van der Waals surface area contributed by atoms with Crippen LogP contribution in [0.1, 0.15) is 21.8 Å². The van der Waals surface area contributed by atoms with Crippen molar-refractivity contribution in [1.82, 2.24) is 0 Å². The number of carboxylic acids is 1. The van der Waals surface area contributed by atoms with E-state index in [9.17, 15) is 14.7 Å². The van der Waals surface area contributed by atoms with Crippen molar-refractivity contribution in [3.63, 3.8) is 0 Å². The van der Waals surface area contributed by atoms with Gasteiger partial charge in [0.2, 0.25) is 0 Å². The van der Waals surface area contributed by atoms with E-state index in [1.807, 2.05) is 30.3 Å². The molecule has 1 atom stereocenters. The topological polar surface area (TPSA) is 54.4 Å². The van der Waals surface area contributed by atoms with Crippen LogP contribution in [0.5, 0.6) is 0 Å². The molecular formula is C19H14O3. The molecule has 1 unspecified atom stereocenters. The van der Waals surface area contributed by atoms with Crippen molar-refractivity contribution in [2.75, 3.05) is 0 Å². The zero-order valence-electron chi connectivity index (χ0n) is 11.8. The molecule has 0 amide bonds. The fourth-order valence-electron chi connectivity index (χ4n) is 2.66. The molecule has 108 valence electrons. The van der Waals surface area contributed by atoms with Gasteiger partial charge in [-0.05, 0) is 16.3 Å². The molecule has 0 radical (unpaired) electrons. The van der Waals surface area contributed by atoms with Gasteiger partial charge in [0.05, 0.1) is 0 Å². The molecular weight excluding hydrogens is 276 g/mol. The summed E-state index contributed by atoms with van der Waals surface area (Å²) in [5.74, 6) is -2.73. The van der Waals surface area contributed by atoms with E-state index < -0.39 is 17.7 Å². The van der Waals surface area contributed by atoms with E-state index in [-0.39, 0.29) is 0 Å². The fourth-order valence-corrected chi connectivity index (χ4v) is 2.66. The number of Topliss-reactive ketones (excluding diaryl/α,β-unsaturated/α-hetero) is 1. The second-order valence-electron chi connectivity index (χ2n) is 5.07. The first-order valence-corrected chi connectivity index (χ1v) is 6.98. The Balaban J connectivity index is 2.16. The number of hydrogen-bond acceptors (Lipinski definition) is 2. The maximum atomic E-state index is 12.6. The van der Waals surface area contributed by atoms with Gasteiger partial charge < -0.3 is 5.11 Å². The highest BCUT2D eigenvalue weighted by Crippen LogP contribution is 2.28. The number of hydrogen-bond donors (Lipinski definition) is 1. The molecule has 0 saturated carbocycles. The average molecular weight is 290 g/mol. The third-order valence-corrected chi connectivity index (χ3v) is 3.70. The molecule has 0 aliphatic rings. The minimum Gasteiger partial charge on any atom is -0.480 e. The Morgan fingerprint density at radius 2 is 1.41 bits per heavy atom. The van der Waals surface area contributed by atoms with E-state index in [2.05, 4.69) is 0 Å². The van der Waals surface area contributed by atoms with E-state index >= 15 is 0 Å². The smallest absolute Gasteiger partial charge is 0.318 e. The maximum absolute atomic E-state index is 12.6. The Hall–Kier alpha value is -2.94. The summed E-state index contributed by atoms with van der Waals surface area (Å²) in [6.07, 6.45) is 0. The molecule has 1 N–H and O–H groups in total.